The molecule has 12 heteroatoms. The van der Waals surface area contributed by atoms with Crippen molar-refractivity contribution in [3.05, 3.63) is 111 Å². The molecule has 0 spiro atoms. The van der Waals surface area contributed by atoms with E-state index in [0.29, 0.717) is 22.6 Å². The number of rotatable bonds is 5. The van der Waals surface area contributed by atoms with Gasteiger partial charge in [0.25, 0.3) is 5.56 Å². The molecule has 0 saturated carbocycles. The SMILES string of the molecule is CSc1cc(-c2ccc(-c3cc(C(F)(F)F)c(C#N)c(=O)n3Cc3ccc(F)cc3F)cc2)cc(C(F)(F)F)c1. The summed E-state index contributed by atoms with van der Waals surface area (Å²) in [7, 11) is 0. The van der Waals surface area contributed by atoms with E-state index in [1.165, 1.54) is 36.4 Å². The van der Waals surface area contributed by atoms with Crippen molar-refractivity contribution in [3.8, 4) is 28.5 Å². The number of aromatic nitrogens is 1. The van der Waals surface area contributed by atoms with Crippen molar-refractivity contribution in [3.63, 3.8) is 0 Å². The Morgan fingerprint density at radius 1 is 0.825 bits per heavy atom. The number of halogens is 8. The van der Waals surface area contributed by atoms with Crippen LogP contribution in [-0.2, 0) is 18.9 Å². The number of thioether (sulfide) groups is 1. The Hall–Kier alpha value is -4.11. The van der Waals surface area contributed by atoms with Gasteiger partial charge >= 0.3 is 12.4 Å². The lowest BCUT2D eigenvalue weighted by Crippen LogP contribution is -2.29. The van der Waals surface area contributed by atoms with E-state index in [-0.39, 0.29) is 22.4 Å². The van der Waals surface area contributed by atoms with Crippen LogP contribution >= 0.6 is 11.8 Å². The van der Waals surface area contributed by atoms with E-state index in [0.717, 1.165) is 40.6 Å². The summed E-state index contributed by atoms with van der Waals surface area (Å²) < 4.78 is 110. The summed E-state index contributed by atoms with van der Waals surface area (Å²) in [5.74, 6) is -1.96. The van der Waals surface area contributed by atoms with Gasteiger partial charge in [-0.15, -0.1) is 11.8 Å². The van der Waals surface area contributed by atoms with Crippen LogP contribution in [0.2, 0.25) is 0 Å². The van der Waals surface area contributed by atoms with Crippen molar-refractivity contribution in [2.45, 2.75) is 23.8 Å². The Balaban J connectivity index is 1.89. The second-order valence-corrected chi connectivity index (χ2v) is 9.46. The molecule has 1 heterocycles. The van der Waals surface area contributed by atoms with Crippen molar-refractivity contribution < 1.29 is 35.1 Å². The maximum absolute atomic E-state index is 14.4. The molecule has 0 aliphatic heterocycles. The Bertz CT molecular complexity index is 1680. The Kier molecular flexibility index (Phi) is 7.81. The Morgan fingerprint density at radius 2 is 1.48 bits per heavy atom. The summed E-state index contributed by atoms with van der Waals surface area (Å²) in [6, 6.07) is 13.1. The topological polar surface area (TPSA) is 45.8 Å². The first-order valence-corrected chi connectivity index (χ1v) is 12.5. The van der Waals surface area contributed by atoms with Crippen LogP contribution < -0.4 is 5.56 Å². The smallest absolute Gasteiger partial charge is 0.303 e. The highest BCUT2D eigenvalue weighted by Crippen LogP contribution is 2.37. The molecular weight excluding hydrogens is 564 g/mol. The van der Waals surface area contributed by atoms with Gasteiger partial charge in [-0.2, -0.15) is 31.6 Å². The van der Waals surface area contributed by atoms with Gasteiger partial charge in [0.15, 0.2) is 0 Å². The molecule has 1 aromatic heterocycles. The van der Waals surface area contributed by atoms with E-state index in [4.69, 9.17) is 0 Å². The molecule has 0 unspecified atom stereocenters. The molecule has 0 aliphatic carbocycles. The Morgan fingerprint density at radius 3 is 2.02 bits per heavy atom. The highest BCUT2D eigenvalue weighted by atomic mass is 32.2. The molecule has 0 bridgehead atoms. The molecule has 0 saturated heterocycles. The number of benzene rings is 3. The van der Waals surface area contributed by atoms with Gasteiger partial charge in [0.2, 0.25) is 0 Å². The number of pyridine rings is 1. The molecule has 0 radical (unpaired) electrons. The maximum atomic E-state index is 14.4. The molecule has 3 aromatic carbocycles. The third-order valence-electron chi connectivity index (χ3n) is 6.04. The van der Waals surface area contributed by atoms with Crippen LogP contribution in [0.1, 0.15) is 22.3 Å². The minimum Gasteiger partial charge on any atom is -0.303 e. The van der Waals surface area contributed by atoms with Gasteiger partial charge in [0.05, 0.1) is 23.4 Å². The summed E-state index contributed by atoms with van der Waals surface area (Å²) in [6.07, 6.45) is -8.08. The molecule has 0 fully saturated rings. The minimum atomic E-state index is -5.08. The van der Waals surface area contributed by atoms with E-state index < -0.39 is 52.8 Å². The van der Waals surface area contributed by atoms with Crippen molar-refractivity contribution in [2.75, 3.05) is 6.26 Å². The van der Waals surface area contributed by atoms with Gasteiger partial charge in [-0.05, 0) is 53.3 Å². The third kappa shape index (κ3) is 5.89. The normalized spacial score (nSPS) is 11.9. The third-order valence-corrected chi connectivity index (χ3v) is 6.75. The van der Waals surface area contributed by atoms with Gasteiger partial charge in [0.1, 0.15) is 23.3 Å². The van der Waals surface area contributed by atoms with E-state index in [2.05, 4.69) is 0 Å². The lowest BCUT2D eigenvalue weighted by molar-refractivity contribution is -0.138. The number of nitrogens with zero attached hydrogens (tertiary/aromatic N) is 2. The van der Waals surface area contributed by atoms with Crippen LogP contribution in [0.4, 0.5) is 35.1 Å². The van der Waals surface area contributed by atoms with Gasteiger partial charge in [-0.3, -0.25) is 4.79 Å². The van der Waals surface area contributed by atoms with E-state index >= 15 is 0 Å². The number of alkyl halides is 6. The maximum Gasteiger partial charge on any atom is 0.417 e. The van der Waals surface area contributed by atoms with E-state index in [1.54, 1.807) is 6.26 Å². The number of nitriles is 1. The van der Waals surface area contributed by atoms with Gasteiger partial charge in [-0.1, -0.05) is 30.3 Å². The Labute approximate surface area is 226 Å². The summed E-state index contributed by atoms with van der Waals surface area (Å²) in [5.41, 5.74) is -4.94. The second kappa shape index (κ2) is 10.8. The number of hydrogen-bond acceptors (Lipinski definition) is 3. The van der Waals surface area contributed by atoms with Crippen LogP contribution in [0.25, 0.3) is 22.4 Å². The van der Waals surface area contributed by atoms with Crippen LogP contribution in [-0.4, -0.2) is 10.8 Å². The fourth-order valence-electron chi connectivity index (χ4n) is 4.08. The predicted octanol–water partition coefficient (Wildman–Crippen LogP) is 8.14. The highest BCUT2D eigenvalue weighted by Gasteiger charge is 2.37. The molecule has 206 valence electrons. The summed E-state index contributed by atoms with van der Waals surface area (Å²) in [6.45, 7) is -0.625. The van der Waals surface area contributed by atoms with Gasteiger partial charge in [-0.25, -0.2) is 8.78 Å². The first-order valence-electron chi connectivity index (χ1n) is 11.3. The fourth-order valence-corrected chi connectivity index (χ4v) is 4.56. The zero-order chi connectivity index (χ0) is 29.4. The average molecular weight is 581 g/mol. The monoisotopic (exact) mass is 580 g/mol. The van der Waals surface area contributed by atoms with Crippen LogP contribution in [0, 0.1) is 23.0 Å². The van der Waals surface area contributed by atoms with Crippen molar-refractivity contribution in [1.29, 1.82) is 5.26 Å². The summed E-state index contributed by atoms with van der Waals surface area (Å²) in [5, 5.41) is 9.32. The largest absolute Gasteiger partial charge is 0.417 e. The van der Waals surface area contributed by atoms with Crippen LogP contribution in [0.15, 0.2) is 76.4 Å². The van der Waals surface area contributed by atoms with Crippen molar-refractivity contribution in [2.24, 2.45) is 0 Å². The molecule has 4 aromatic rings. The predicted molar refractivity (Wildman–Crippen MR) is 134 cm³/mol. The van der Waals surface area contributed by atoms with Crippen LogP contribution in [0.3, 0.4) is 0 Å². The van der Waals surface area contributed by atoms with E-state index in [1.807, 2.05) is 0 Å². The molecule has 0 N–H and O–H groups in total. The molecule has 0 amide bonds. The lowest BCUT2D eigenvalue weighted by atomic mass is 9.99. The minimum absolute atomic E-state index is 0.0374. The van der Waals surface area contributed by atoms with E-state index in [9.17, 15) is 45.2 Å². The summed E-state index contributed by atoms with van der Waals surface area (Å²) >= 11 is 1.10. The standard InChI is InChI=1S/C28H16F8N2OS/c1-40-21-9-18(8-19(10-21)27(31,32)33)15-2-4-16(5-3-15)25-12-23(28(34,35)36)22(13-37)26(39)38(25)14-17-6-7-20(29)11-24(17)30/h2-12H,14H2,1H3. The fraction of sp³-hybridized carbons (Fsp3) is 0.143. The van der Waals surface area contributed by atoms with Gasteiger partial charge < -0.3 is 4.57 Å². The molecule has 3 nitrogen and oxygen atoms in total. The molecule has 40 heavy (non-hydrogen) atoms. The molecule has 4 rings (SSSR count). The lowest BCUT2D eigenvalue weighted by Gasteiger charge is -2.18. The average Bonchev–Trinajstić information content (AvgIpc) is 2.89. The number of hydrogen-bond donors (Lipinski definition) is 0. The zero-order valence-corrected chi connectivity index (χ0v) is 21.1. The molecular formula is C28H16F8N2OS. The molecule has 0 atom stereocenters. The quantitative estimate of drug-likeness (QED) is 0.177. The zero-order valence-electron chi connectivity index (χ0n) is 20.3. The van der Waals surface area contributed by atoms with Crippen molar-refractivity contribution >= 4 is 11.8 Å². The highest BCUT2D eigenvalue weighted by molar-refractivity contribution is 7.98. The van der Waals surface area contributed by atoms with Crippen LogP contribution in [0.5, 0.6) is 0 Å². The first kappa shape index (κ1) is 28.9. The first-order chi connectivity index (χ1) is 18.7. The summed E-state index contributed by atoms with van der Waals surface area (Å²) in [4.78, 5) is 13.4. The van der Waals surface area contributed by atoms with Crippen molar-refractivity contribution in [1.82, 2.24) is 4.57 Å². The molecule has 0 aliphatic rings. The van der Waals surface area contributed by atoms with Gasteiger partial charge in [0, 0.05) is 16.5 Å². The second-order valence-electron chi connectivity index (χ2n) is 8.58.